The summed E-state index contributed by atoms with van der Waals surface area (Å²) in [6.07, 6.45) is 2.12. The third kappa shape index (κ3) is 2.60. The molecule has 0 aliphatic heterocycles. The van der Waals surface area contributed by atoms with Gasteiger partial charge in [0.25, 0.3) is 0 Å². The van der Waals surface area contributed by atoms with Crippen LogP contribution in [-0.2, 0) is 11.2 Å². The normalized spacial score (nSPS) is 10.6. The first-order valence-corrected chi connectivity index (χ1v) is 6.62. The third-order valence-corrected chi connectivity index (χ3v) is 2.93. The highest BCUT2D eigenvalue weighted by Crippen LogP contribution is 2.21. The Bertz CT molecular complexity index is 622. The number of aryl methyl sites for hydroxylation is 1. The first-order valence-electron chi connectivity index (χ1n) is 6.24. The van der Waals surface area contributed by atoms with Gasteiger partial charge in [0.2, 0.25) is 0 Å². The van der Waals surface area contributed by atoms with Crippen molar-refractivity contribution in [1.82, 2.24) is 14.5 Å². The monoisotopic (exact) mass is 294 g/mol. The molecule has 0 unspecified atom stereocenters. The average Bonchev–Trinajstić information content (AvgIpc) is 2.77. The number of halogens is 1. The predicted molar refractivity (Wildman–Crippen MR) is 76.1 cm³/mol. The Morgan fingerprint density at radius 1 is 1.45 bits per heavy atom. The molecule has 106 valence electrons. The molecule has 0 aromatic carbocycles. The van der Waals surface area contributed by atoms with Gasteiger partial charge in [0, 0.05) is 12.6 Å². The molecule has 2 aromatic rings. The number of ether oxygens (including phenoxy) is 1. The van der Waals surface area contributed by atoms with Crippen LogP contribution in [0.25, 0.3) is 5.82 Å². The second-order valence-electron chi connectivity index (χ2n) is 4.01. The van der Waals surface area contributed by atoms with Crippen LogP contribution in [0, 0.1) is 0 Å². The highest BCUT2D eigenvalue weighted by Gasteiger charge is 2.22. The average molecular weight is 295 g/mol. The van der Waals surface area contributed by atoms with Gasteiger partial charge in [-0.1, -0.05) is 18.5 Å². The number of aromatic nitrogens is 3. The second-order valence-corrected chi connectivity index (χ2v) is 4.44. The van der Waals surface area contributed by atoms with Crippen LogP contribution in [0.2, 0.25) is 5.02 Å². The highest BCUT2D eigenvalue weighted by molar-refractivity contribution is 6.30. The molecule has 2 aromatic heterocycles. The molecule has 0 aliphatic carbocycles. The van der Waals surface area contributed by atoms with Crippen molar-refractivity contribution in [3.63, 3.8) is 0 Å². The molecule has 0 spiro atoms. The van der Waals surface area contributed by atoms with Crippen molar-refractivity contribution in [1.29, 1.82) is 0 Å². The van der Waals surface area contributed by atoms with E-state index in [1.807, 2.05) is 6.92 Å². The van der Waals surface area contributed by atoms with E-state index in [9.17, 15) is 4.79 Å². The fourth-order valence-electron chi connectivity index (χ4n) is 1.82. The lowest BCUT2D eigenvalue weighted by Gasteiger charge is -2.07. The number of anilines is 1. The third-order valence-electron chi connectivity index (χ3n) is 2.71. The van der Waals surface area contributed by atoms with Crippen molar-refractivity contribution in [3.05, 3.63) is 34.9 Å². The van der Waals surface area contributed by atoms with Crippen LogP contribution in [0.4, 0.5) is 5.82 Å². The Morgan fingerprint density at radius 2 is 2.20 bits per heavy atom. The van der Waals surface area contributed by atoms with Gasteiger partial charge in [-0.05, 0) is 19.1 Å². The van der Waals surface area contributed by atoms with E-state index in [1.54, 1.807) is 23.6 Å². The van der Waals surface area contributed by atoms with E-state index in [4.69, 9.17) is 22.1 Å². The van der Waals surface area contributed by atoms with Crippen LogP contribution in [0.3, 0.4) is 0 Å². The number of carbonyl (C=O) groups excluding carboxylic acids is 1. The van der Waals surface area contributed by atoms with Gasteiger partial charge in [0.1, 0.15) is 17.5 Å². The summed E-state index contributed by atoms with van der Waals surface area (Å²) in [5.41, 5.74) is 6.12. The molecule has 2 N–H and O–H groups in total. The number of nitrogens with two attached hydrogens (primary N) is 1. The largest absolute Gasteiger partial charge is 0.461 e. The first kappa shape index (κ1) is 14.3. The molecule has 2 rings (SSSR count). The molecule has 2 heterocycles. The van der Waals surface area contributed by atoms with Crippen LogP contribution in [0.1, 0.15) is 30.2 Å². The van der Waals surface area contributed by atoms with Gasteiger partial charge in [-0.3, -0.25) is 4.57 Å². The van der Waals surface area contributed by atoms with Crippen molar-refractivity contribution in [3.8, 4) is 5.82 Å². The van der Waals surface area contributed by atoms with E-state index < -0.39 is 5.97 Å². The number of nitrogen functional groups attached to an aromatic ring is 1. The van der Waals surface area contributed by atoms with Crippen LogP contribution in [0.5, 0.6) is 0 Å². The minimum Gasteiger partial charge on any atom is -0.461 e. The number of carbonyl (C=O) groups is 1. The summed E-state index contributed by atoms with van der Waals surface area (Å²) in [6.45, 7) is 3.92. The number of esters is 1. The molecule has 0 saturated carbocycles. The molecule has 6 nitrogen and oxygen atoms in total. The van der Waals surface area contributed by atoms with Crippen molar-refractivity contribution in [2.24, 2.45) is 0 Å². The van der Waals surface area contributed by atoms with Crippen molar-refractivity contribution < 1.29 is 9.53 Å². The number of hydrogen-bond acceptors (Lipinski definition) is 5. The number of hydrogen-bond donors (Lipinski definition) is 1. The molecule has 20 heavy (non-hydrogen) atoms. The quantitative estimate of drug-likeness (QED) is 0.874. The van der Waals surface area contributed by atoms with Crippen molar-refractivity contribution in [2.75, 3.05) is 12.3 Å². The molecule has 0 bridgehead atoms. The SMILES string of the molecule is CCOC(=O)c1nc(CC)n(-c2ccc(Cl)cn2)c1N. The molecule has 0 amide bonds. The fourth-order valence-corrected chi connectivity index (χ4v) is 1.94. The van der Waals surface area contributed by atoms with E-state index in [2.05, 4.69) is 9.97 Å². The highest BCUT2D eigenvalue weighted by atomic mass is 35.5. The standard InChI is InChI=1S/C13H15ClN4O2/c1-3-9-17-11(13(19)20-4-2)12(15)18(9)10-6-5-8(14)7-16-10/h5-7H,3-4,15H2,1-2H3. The summed E-state index contributed by atoms with van der Waals surface area (Å²) in [4.78, 5) is 20.2. The molecule has 0 saturated heterocycles. The zero-order chi connectivity index (χ0) is 14.7. The molecule has 0 aliphatic rings. The zero-order valence-corrected chi connectivity index (χ0v) is 12.0. The van der Waals surface area contributed by atoms with E-state index in [1.165, 1.54) is 6.20 Å². The maximum Gasteiger partial charge on any atom is 0.360 e. The number of rotatable bonds is 4. The van der Waals surface area contributed by atoms with Gasteiger partial charge in [-0.15, -0.1) is 0 Å². The van der Waals surface area contributed by atoms with E-state index in [0.717, 1.165) is 0 Å². The maximum absolute atomic E-state index is 11.8. The lowest BCUT2D eigenvalue weighted by molar-refractivity contribution is 0.0521. The summed E-state index contributed by atoms with van der Waals surface area (Å²) in [7, 11) is 0. The molecule has 0 fully saturated rings. The Hall–Kier alpha value is -2.08. The smallest absolute Gasteiger partial charge is 0.360 e. The first-order chi connectivity index (χ1) is 9.58. The van der Waals surface area contributed by atoms with Crippen LogP contribution >= 0.6 is 11.6 Å². The van der Waals surface area contributed by atoms with Gasteiger partial charge in [0.15, 0.2) is 5.69 Å². The Morgan fingerprint density at radius 3 is 2.75 bits per heavy atom. The van der Waals surface area contributed by atoms with E-state index in [0.29, 0.717) is 23.1 Å². The number of pyridine rings is 1. The lowest BCUT2D eigenvalue weighted by Crippen LogP contribution is -2.10. The van der Waals surface area contributed by atoms with Gasteiger partial charge >= 0.3 is 5.97 Å². The van der Waals surface area contributed by atoms with E-state index in [-0.39, 0.29) is 18.1 Å². The summed E-state index contributed by atoms with van der Waals surface area (Å²) < 4.78 is 6.57. The van der Waals surface area contributed by atoms with Crippen LogP contribution < -0.4 is 5.73 Å². The van der Waals surface area contributed by atoms with Gasteiger partial charge in [0.05, 0.1) is 11.6 Å². The molecule has 0 radical (unpaired) electrons. The molecule has 7 heteroatoms. The van der Waals surface area contributed by atoms with E-state index >= 15 is 0 Å². The summed E-state index contributed by atoms with van der Waals surface area (Å²) >= 11 is 5.82. The van der Waals surface area contributed by atoms with Crippen LogP contribution in [0.15, 0.2) is 18.3 Å². The Labute approximate surface area is 121 Å². The molecular weight excluding hydrogens is 280 g/mol. The van der Waals surface area contributed by atoms with Crippen LogP contribution in [-0.4, -0.2) is 27.1 Å². The topological polar surface area (TPSA) is 83.0 Å². The Balaban J connectivity index is 2.52. The van der Waals surface area contributed by atoms with Gasteiger partial charge in [-0.25, -0.2) is 14.8 Å². The molecular formula is C13H15ClN4O2. The Kier molecular flexibility index (Phi) is 4.24. The summed E-state index contributed by atoms with van der Waals surface area (Å²) in [5.74, 6) is 0.884. The van der Waals surface area contributed by atoms with Gasteiger partial charge < -0.3 is 10.5 Å². The molecule has 0 atom stereocenters. The maximum atomic E-state index is 11.8. The van der Waals surface area contributed by atoms with Crippen molar-refractivity contribution >= 4 is 23.4 Å². The number of imidazole rings is 1. The minimum atomic E-state index is -0.535. The minimum absolute atomic E-state index is 0.112. The van der Waals surface area contributed by atoms with Gasteiger partial charge in [-0.2, -0.15) is 0 Å². The summed E-state index contributed by atoms with van der Waals surface area (Å²) in [5, 5.41) is 0.524. The predicted octanol–water partition coefficient (Wildman–Crippen LogP) is 2.24. The lowest BCUT2D eigenvalue weighted by atomic mass is 10.4. The second kappa shape index (κ2) is 5.92. The fraction of sp³-hybridized carbons (Fsp3) is 0.308. The van der Waals surface area contributed by atoms with Crippen molar-refractivity contribution in [2.45, 2.75) is 20.3 Å². The summed E-state index contributed by atoms with van der Waals surface area (Å²) in [6, 6.07) is 3.42. The number of nitrogens with zero attached hydrogens (tertiary/aromatic N) is 3. The zero-order valence-electron chi connectivity index (χ0n) is 11.3.